The Kier molecular flexibility index (Phi) is 4.86. The van der Waals surface area contributed by atoms with Gasteiger partial charge in [0.25, 0.3) is 0 Å². The Balaban J connectivity index is 1.86. The lowest BCUT2D eigenvalue weighted by Crippen LogP contribution is -2.34. The van der Waals surface area contributed by atoms with Gasteiger partial charge in [-0.15, -0.1) is 0 Å². The van der Waals surface area contributed by atoms with Crippen LogP contribution in [0.4, 0.5) is 0 Å². The average molecular weight is 254 g/mol. The summed E-state index contributed by atoms with van der Waals surface area (Å²) in [7, 11) is 0. The molecule has 0 aromatic carbocycles. The van der Waals surface area contributed by atoms with Crippen LogP contribution in [-0.4, -0.2) is 32.3 Å². The molecule has 2 rings (SSSR count). The molecule has 0 aliphatic heterocycles. The molecule has 5 heteroatoms. The van der Waals surface area contributed by atoms with Gasteiger partial charge in [-0.1, -0.05) is 13.3 Å². The van der Waals surface area contributed by atoms with E-state index >= 15 is 0 Å². The first-order chi connectivity index (χ1) is 8.35. The predicted molar refractivity (Wildman–Crippen MR) is 72.1 cm³/mol. The molecule has 1 heterocycles. The fraction of sp³-hybridized carbons (Fsp3) is 0.833. The minimum atomic E-state index is 0.650. The van der Waals surface area contributed by atoms with Crippen molar-refractivity contribution >= 4 is 11.8 Å². The lowest BCUT2D eigenvalue weighted by atomic mass is 10.2. The van der Waals surface area contributed by atoms with Crippen LogP contribution in [0.1, 0.15) is 38.4 Å². The van der Waals surface area contributed by atoms with Crippen molar-refractivity contribution in [3.63, 3.8) is 0 Å². The highest BCUT2D eigenvalue weighted by molar-refractivity contribution is 7.99. The van der Waals surface area contributed by atoms with Gasteiger partial charge in [0.05, 0.1) is 6.54 Å². The molecule has 17 heavy (non-hydrogen) atoms. The molecule has 1 fully saturated rings. The molecule has 0 amide bonds. The fourth-order valence-electron chi connectivity index (χ4n) is 2.49. The van der Waals surface area contributed by atoms with E-state index in [1.54, 1.807) is 6.33 Å². The highest BCUT2D eigenvalue weighted by Gasteiger charge is 2.26. The Labute approximate surface area is 108 Å². The third-order valence-electron chi connectivity index (χ3n) is 3.41. The average Bonchev–Trinajstić information content (AvgIpc) is 2.95. The van der Waals surface area contributed by atoms with Crippen molar-refractivity contribution < 1.29 is 0 Å². The summed E-state index contributed by atoms with van der Waals surface area (Å²) in [5, 5.41) is 8.67. The van der Waals surface area contributed by atoms with Crippen molar-refractivity contribution in [2.75, 3.05) is 6.26 Å². The maximum atomic E-state index is 4.33. The Morgan fingerprint density at radius 2 is 2.41 bits per heavy atom. The van der Waals surface area contributed by atoms with Crippen molar-refractivity contribution in [2.24, 2.45) is 0 Å². The number of thioether (sulfide) groups is 1. The van der Waals surface area contributed by atoms with Crippen molar-refractivity contribution in [1.29, 1.82) is 0 Å². The molecule has 0 spiro atoms. The van der Waals surface area contributed by atoms with Crippen molar-refractivity contribution in [1.82, 2.24) is 20.1 Å². The van der Waals surface area contributed by atoms with E-state index in [9.17, 15) is 0 Å². The van der Waals surface area contributed by atoms with Crippen molar-refractivity contribution in [2.45, 2.75) is 57.0 Å². The van der Waals surface area contributed by atoms with Gasteiger partial charge < -0.3 is 5.32 Å². The number of nitrogens with zero attached hydrogens (tertiary/aromatic N) is 3. The third-order valence-corrected chi connectivity index (χ3v) is 4.58. The third kappa shape index (κ3) is 3.22. The van der Waals surface area contributed by atoms with Crippen LogP contribution in [0.3, 0.4) is 0 Å². The van der Waals surface area contributed by atoms with E-state index in [0.717, 1.165) is 30.6 Å². The number of rotatable bonds is 6. The second kappa shape index (κ2) is 6.40. The Bertz CT molecular complexity index is 339. The van der Waals surface area contributed by atoms with Gasteiger partial charge in [-0.2, -0.15) is 16.9 Å². The van der Waals surface area contributed by atoms with Gasteiger partial charge in [0.1, 0.15) is 12.2 Å². The molecule has 1 aromatic heterocycles. The summed E-state index contributed by atoms with van der Waals surface area (Å²) >= 11 is 1.99. The quantitative estimate of drug-likeness (QED) is 0.844. The van der Waals surface area contributed by atoms with Gasteiger partial charge in [-0.05, 0) is 25.5 Å². The number of aryl methyl sites for hydroxylation is 1. The molecule has 96 valence electrons. The molecule has 1 aromatic rings. The van der Waals surface area contributed by atoms with E-state index in [1.807, 2.05) is 16.4 Å². The van der Waals surface area contributed by atoms with Crippen LogP contribution >= 0.6 is 11.8 Å². The molecule has 0 radical (unpaired) electrons. The van der Waals surface area contributed by atoms with Crippen LogP contribution in [-0.2, 0) is 13.1 Å². The lowest BCUT2D eigenvalue weighted by Gasteiger charge is -2.18. The van der Waals surface area contributed by atoms with Crippen LogP contribution in [0.15, 0.2) is 6.33 Å². The summed E-state index contributed by atoms with van der Waals surface area (Å²) in [5.74, 6) is 1.07. The predicted octanol–water partition coefficient (Wildman–Crippen LogP) is 2.06. The summed E-state index contributed by atoms with van der Waals surface area (Å²) in [4.78, 5) is 4.33. The molecule has 1 aliphatic rings. The number of aromatic nitrogens is 3. The Morgan fingerprint density at radius 3 is 3.18 bits per heavy atom. The molecule has 0 bridgehead atoms. The van der Waals surface area contributed by atoms with E-state index in [4.69, 9.17) is 0 Å². The molecule has 4 nitrogen and oxygen atoms in total. The van der Waals surface area contributed by atoms with E-state index in [1.165, 1.54) is 19.3 Å². The minimum Gasteiger partial charge on any atom is -0.306 e. The smallest absolute Gasteiger partial charge is 0.140 e. The van der Waals surface area contributed by atoms with E-state index < -0.39 is 0 Å². The summed E-state index contributed by atoms with van der Waals surface area (Å²) < 4.78 is 2.01. The Morgan fingerprint density at radius 1 is 1.53 bits per heavy atom. The standard InChI is InChI=1S/C12H22N4S/c1-3-7-16-12(14-9-15-16)8-13-10-5-4-6-11(10)17-2/h9-11,13H,3-8H2,1-2H3. The second-order valence-electron chi connectivity index (χ2n) is 4.59. The first-order valence-electron chi connectivity index (χ1n) is 6.48. The zero-order chi connectivity index (χ0) is 12.1. The van der Waals surface area contributed by atoms with Crippen molar-refractivity contribution in [3.05, 3.63) is 12.2 Å². The van der Waals surface area contributed by atoms with E-state index in [-0.39, 0.29) is 0 Å². The van der Waals surface area contributed by atoms with Crippen LogP contribution in [0.5, 0.6) is 0 Å². The maximum absolute atomic E-state index is 4.33. The second-order valence-corrected chi connectivity index (χ2v) is 5.67. The van der Waals surface area contributed by atoms with Crippen LogP contribution in [0.25, 0.3) is 0 Å². The first-order valence-corrected chi connectivity index (χ1v) is 7.76. The van der Waals surface area contributed by atoms with Gasteiger partial charge in [0.2, 0.25) is 0 Å². The molecule has 1 saturated carbocycles. The summed E-state index contributed by atoms with van der Waals surface area (Å²) in [6.45, 7) is 3.98. The zero-order valence-corrected chi connectivity index (χ0v) is 11.5. The normalized spacial score (nSPS) is 24.4. The van der Waals surface area contributed by atoms with Gasteiger partial charge in [0, 0.05) is 17.8 Å². The molecule has 0 saturated heterocycles. The summed E-state index contributed by atoms with van der Waals surface area (Å²) in [5.41, 5.74) is 0. The molecule has 1 N–H and O–H groups in total. The van der Waals surface area contributed by atoms with Gasteiger partial charge in [0.15, 0.2) is 0 Å². The molecule has 2 atom stereocenters. The van der Waals surface area contributed by atoms with Gasteiger partial charge in [-0.3, -0.25) is 0 Å². The summed E-state index contributed by atoms with van der Waals surface area (Å²) in [6, 6.07) is 0.650. The van der Waals surface area contributed by atoms with Crippen LogP contribution < -0.4 is 5.32 Å². The number of hydrogen-bond acceptors (Lipinski definition) is 4. The highest BCUT2D eigenvalue weighted by atomic mass is 32.2. The Hall–Kier alpha value is -0.550. The summed E-state index contributed by atoms with van der Waals surface area (Å²) in [6.07, 6.45) is 8.98. The SMILES string of the molecule is CCCn1ncnc1CNC1CCCC1SC. The van der Waals surface area contributed by atoms with E-state index in [0.29, 0.717) is 6.04 Å². The monoisotopic (exact) mass is 254 g/mol. The molecule has 2 unspecified atom stereocenters. The zero-order valence-electron chi connectivity index (χ0n) is 10.7. The van der Waals surface area contributed by atoms with E-state index in [2.05, 4.69) is 28.6 Å². The number of hydrogen-bond donors (Lipinski definition) is 1. The highest BCUT2D eigenvalue weighted by Crippen LogP contribution is 2.28. The lowest BCUT2D eigenvalue weighted by molar-refractivity contribution is 0.489. The van der Waals surface area contributed by atoms with Gasteiger partial charge >= 0.3 is 0 Å². The molecular formula is C12H22N4S. The topological polar surface area (TPSA) is 42.7 Å². The molecular weight excluding hydrogens is 232 g/mol. The first kappa shape index (κ1) is 12.9. The van der Waals surface area contributed by atoms with Crippen LogP contribution in [0, 0.1) is 0 Å². The molecule has 1 aliphatic carbocycles. The maximum Gasteiger partial charge on any atom is 0.140 e. The fourth-order valence-corrected chi connectivity index (χ4v) is 3.45. The van der Waals surface area contributed by atoms with Crippen LogP contribution in [0.2, 0.25) is 0 Å². The largest absolute Gasteiger partial charge is 0.306 e. The number of nitrogens with one attached hydrogen (secondary N) is 1. The minimum absolute atomic E-state index is 0.650. The van der Waals surface area contributed by atoms with Crippen molar-refractivity contribution in [3.8, 4) is 0 Å². The van der Waals surface area contributed by atoms with Gasteiger partial charge in [-0.25, -0.2) is 9.67 Å².